The summed E-state index contributed by atoms with van der Waals surface area (Å²) in [5.41, 5.74) is 2.70. The third-order valence-corrected chi connectivity index (χ3v) is 5.42. The van der Waals surface area contributed by atoms with Crippen molar-refractivity contribution >= 4 is 28.3 Å². The molecule has 2 aromatic heterocycles. The first-order valence-electron chi connectivity index (χ1n) is 11.2. The maximum Gasteiger partial charge on any atom is 0.248 e. The summed E-state index contributed by atoms with van der Waals surface area (Å²) in [4.78, 5) is 25.2. The van der Waals surface area contributed by atoms with Crippen molar-refractivity contribution in [1.29, 1.82) is 0 Å². The summed E-state index contributed by atoms with van der Waals surface area (Å²) in [6, 6.07) is 15.9. The lowest BCUT2D eigenvalue weighted by Gasteiger charge is -2.16. The van der Waals surface area contributed by atoms with Crippen molar-refractivity contribution in [3.05, 3.63) is 91.3 Å². The molecule has 0 aliphatic rings. The van der Waals surface area contributed by atoms with E-state index in [1.54, 1.807) is 18.6 Å². The van der Waals surface area contributed by atoms with Gasteiger partial charge in [-0.3, -0.25) is 4.79 Å². The van der Waals surface area contributed by atoms with Crippen LogP contribution >= 0.6 is 0 Å². The fraction of sp³-hybridized carbons (Fsp3) is 0.231. The van der Waals surface area contributed by atoms with Crippen LogP contribution in [0.2, 0.25) is 0 Å². The second-order valence-electron chi connectivity index (χ2n) is 7.92. The first-order valence-corrected chi connectivity index (χ1v) is 11.2. The second-order valence-corrected chi connectivity index (χ2v) is 7.92. The lowest BCUT2D eigenvalue weighted by Crippen LogP contribution is -2.10. The van der Waals surface area contributed by atoms with Gasteiger partial charge in [-0.2, -0.15) is 0 Å². The smallest absolute Gasteiger partial charge is 0.248 e. The summed E-state index contributed by atoms with van der Waals surface area (Å²) in [6.07, 6.45) is 13.6. The number of hydrogen-bond donors (Lipinski definition) is 2. The molecule has 1 atom stereocenters. The fourth-order valence-corrected chi connectivity index (χ4v) is 3.63. The Bertz CT molecular complexity index is 1200. The van der Waals surface area contributed by atoms with E-state index in [9.17, 15) is 4.79 Å². The molecule has 4 rings (SSSR count). The van der Waals surface area contributed by atoms with E-state index in [1.165, 1.54) is 5.56 Å². The van der Waals surface area contributed by atoms with Crippen LogP contribution in [0.5, 0.6) is 0 Å². The largest absolute Gasteiger partial charge is 0.363 e. The van der Waals surface area contributed by atoms with Gasteiger partial charge in [0.15, 0.2) is 0 Å². The third kappa shape index (κ3) is 6.26. The molecule has 2 N–H and O–H groups in total. The molecule has 0 spiro atoms. The Labute approximate surface area is 193 Å². The molecular weight excluding hydrogens is 412 g/mol. The van der Waals surface area contributed by atoms with Gasteiger partial charge in [-0.05, 0) is 56.0 Å². The van der Waals surface area contributed by atoms with Crippen molar-refractivity contribution in [2.45, 2.75) is 38.8 Å². The monoisotopic (exact) mass is 440 g/mol. The Balaban J connectivity index is 1.34. The SMILES string of the molecule is CC(Nc1ncnc2ccc(NC(=O)C=CCCCCn3ccnc3)cc12)c1ccccc1. The molecule has 168 valence electrons. The minimum atomic E-state index is -0.145. The number of nitrogens with zero attached hydrogens (tertiary/aromatic N) is 4. The molecule has 7 nitrogen and oxygen atoms in total. The highest BCUT2D eigenvalue weighted by molar-refractivity contribution is 6.01. The maximum atomic E-state index is 12.4. The normalized spacial score (nSPS) is 12.2. The first-order chi connectivity index (χ1) is 16.2. The number of allylic oxidation sites excluding steroid dienone is 1. The molecule has 4 aromatic rings. The number of nitrogens with one attached hydrogen (secondary N) is 2. The summed E-state index contributed by atoms with van der Waals surface area (Å²) >= 11 is 0. The van der Waals surface area contributed by atoms with E-state index in [0.717, 1.165) is 42.5 Å². The molecule has 0 aliphatic carbocycles. The second kappa shape index (κ2) is 11.0. The van der Waals surface area contributed by atoms with Gasteiger partial charge in [-0.1, -0.05) is 36.4 Å². The molecule has 0 bridgehead atoms. The number of aromatic nitrogens is 4. The summed E-state index contributed by atoms with van der Waals surface area (Å²) < 4.78 is 2.06. The van der Waals surface area contributed by atoms with Gasteiger partial charge in [-0.25, -0.2) is 15.0 Å². The zero-order chi connectivity index (χ0) is 22.9. The molecule has 0 aliphatic heterocycles. The van der Waals surface area contributed by atoms with Gasteiger partial charge in [0.1, 0.15) is 12.1 Å². The minimum Gasteiger partial charge on any atom is -0.363 e. The van der Waals surface area contributed by atoms with Crippen LogP contribution in [0.3, 0.4) is 0 Å². The van der Waals surface area contributed by atoms with Crippen LogP contribution in [-0.2, 0) is 11.3 Å². The predicted molar refractivity (Wildman–Crippen MR) is 132 cm³/mol. The highest BCUT2D eigenvalue weighted by atomic mass is 16.1. The highest BCUT2D eigenvalue weighted by Crippen LogP contribution is 2.26. The van der Waals surface area contributed by atoms with Crippen molar-refractivity contribution < 1.29 is 4.79 Å². The molecule has 0 saturated heterocycles. The van der Waals surface area contributed by atoms with Gasteiger partial charge in [0.2, 0.25) is 5.91 Å². The van der Waals surface area contributed by atoms with Crippen LogP contribution in [0, 0.1) is 0 Å². The van der Waals surface area contributed by atoms with Gasteiger partial charge >= 0.3 is 0 Å². The lowest BCUT2D eigenvalue weighted by atomic mass is 10.1. The standard InChI is InChI=1S/C26H28N6O/c1-20(21-9-5-4-6-10-21)30-26-23-17-22(12-13-24(23)28-18-29-26)31-25(33)11-7-2-3-8-15-32-16-14-27-19-32/h4-7,9-14,16-20H,2-3,8,15H2,1H3,(H,31,33)(H,28,29,30). The zero-order valence-electron chi connectivity index (χ0n) is 18.7. The van der Waals surface area contributed by atoms with E-state index in [4.69, 9.17) is 0 Å². The average molecular weight is 441 g/mol. The molecule has 1 amide bonds. The van der Waals surface area contributed by atoms with Crippen LogP contribution in [0.25, 0.3) is 10.9 Å². The third-order valence-electron chi connectivity index (χ3n) is 5.42. The van der Waals surface area contributed by atoms with E-state index in [0.29, 0.717) is 5.69 Å². The number of imidazole rings is 1. The highest BCUT2D eigenvalue weighted by Gasteiger charge is 2.10. The fourth-order valence-electron chi connectivity index (χ4n) is 3.63. The number of fused-ring (bicyclic) bond motifs is 1. The lowest BCUT2D eigenvalue weighted by molar-refractivity contribution is -0.111. The number of hydrogen-bond acceptors (Lipinski definition) is 5. The zero-order valence-corrected chi connectivity index (χ0v) is 18.7. The summed E-state index contributed by atoms with van der Waals surface area (Å²) in [6.45, 7) is 3.04. The molecule has 2 heterocycles. The number of amides is 1. The van der Waals surface area contributed by atoms with Crippen LogP contribution in [0.4, 0.5) is 11.5 Å². The molecule has 0 radical (unpaired) electrons. The summed E-state index contributed by atoms with van der Waals surface area (Å²) in [5, 5.41) is 7.26. The van der Waals surface area contributed by atoms with Crippen molar-refractivity contribution in [2.75, 3.05) is 10.6 Å². The Morgan fingerprint density at radius 1 is 1.12 bits per heavy atom. The molecule has 1 unspecified atom stereocenters. The Kier molecular flexibility index (Phi) is 7.43. The Morgan fingerprint density at radius 3 is 2.82 bits per heavy atom. The van der Waals surface area contributed by atoms with Gasteiger partial charge < -0.3 is 15.2 Å². The predicted octanol–water partition coefficient (Wildman–Crippen LogP) is 5.36. The van der Waals surface area contributed by atoms with E-state index >= 15 is 0 Å². The summed E-state index contributed by atoms with van der Waals surface area (Å²) in [7, 11) is 0. The number of aryl methyl sites for hydroxylation is 1. The number of benzene rings is 2. The van der Waals surface area contributed by atoms with Crippen LogP contribution in [-0.4, -0.2) is 25.4 Å². The van der Waals surface area contributed by atoms with Gasteiger partial charge in [0.25, 0.3) is 0 Å². The number of unbranched alkanes of at least 4 members (excludes halogenated alkanes) is 2. The van der Waals surface area contributed by atoms with E-state index in [1.807, 2.05) is 55.0 Å². The first kappa shape index (κ1) is 22.2. The quantitative estimate of drug-likeness (QED) is 0.256. The van der Waals surface area contributed by atoms with Gasteiger partial charge in [-0.15, -0.1) is 0 Å². The maximum absolute atomic E-state index is 12.4. The molecule has 2 aromatic carbocycles. The van der Waals surface area contributed by atoms with Gasteiger partial charge in [0.05, 0.1) is 11.8 Å². The molecule has 7 heteroatoms. The van der Waals surface area contributed by atoms with E-state index in [-0.39, 0.29) is 11.9 Å². The number of carbonyl (C=O) groups excluding carboxylic acids is 1. The molecule has 33 heavy (non-hydrogen) atoms. The van der Waals surface area contributed by atoms with Crippen molar-refractivity contribution in [3.8, 4) is 0 Å². The topological polar surface area (TPSA) is 84.7 Å². The Hall–Kier alpha value is -4.00. The number of carbonyl (C=O) groups is 1. The molecule has 0 fully saturated rings. The average Bonchev–Trinajstić information content (AvgIpc) is 3.36. The van der Waals surface area contributed by atoms with Crippen LogP contribution in [0.1, 0.15) is 37.8 Å². The Morgan fingerprint density at radius 2 is 2.00 bits per heavy atom. The molecular formula is C26H28N6O. The molecule has 0 saturated carbocycles. The number of anilines is 2. The number of rotatable bonds is 10. The van der Waals surface area contributed by atoms with Crippen molar-refractivity contribution in [3.63, 3.8) is 0 Å². The van der Waals surface area contributed by atoms with Crippen LogP contribution < -0.4 is 10.6 Å². The van der Waals surface area contributed by atoms with Gasteiger partial charge in [0, 0.05) is 36.1 Å². The van der Waals surface area contributed by atoms with Crippen molar-refractivity contribution in [2.24, 2.45) is 0 Å². The van der Waals surface area contributed by atoms with E-state index < -0.39 is 0 Å². The summed E-state index contributed by atoms with van der Waals surface area (Å²) in [5.74, 6) is 0.592. The van der Waals surface area contributed by atoms with E-state index in [2.05, 4.69) is 49.2 Å². The van der Waals surface area contributed by atoms with Crippen molar-refractivity contribution in [1.82, 2.24) is 19.5 Å². The van der Waals surface area contributed by atoms with Crippen LogP contribution in [0.15, 0.2) is 85.7 Å². The minimum absolute atomic E-state index is 0.0826.